The highest BCUT2D eigenvalue weighted by molar-refractivity contribution is 5.06. The Balaban J connectivity index is 1.64. The van der Waals surface area contributed by atoms with E-state index in [1.807, 2.05) is 0 Å². The SMILES string of the molecule is Cc1cc(C)n(CCCNC2CCCCCCC2)n1. The van der Waals surface area contributed by atoms with Crippen LogP contribution in [0.2, 0.25) is 0 Å². The van der Waals surface area contributed by atoms with Crippen molar-refractivity contribution in [3.05, 3.63) is 17.5 Å². The molecular weight excluding hydrogens is 234 g/mol. The molecule has 1 fully saturated rings. The van der Waals surface area contributed by atoms with Crippen molar-refractivity contribution >= 4 is 0 Å². The second-order valence-corrected chi connectivity index (χ2v) is 6.00. The van der Waals surface area contributed by atoms with Gasteiger partial charge in [-0.05, 0) is 45.7 Å². The van der Waals surface area contributed by atoms with Gasteiger partial charge in [0.15, 0.2) is 0 Å². The van der Waals surface area contributed by atoms with Gasteiger partial charge in [-0.3, -0.25) is 4.68 Å². The normalized spacial score (nSPS) is 18.2. The molecule has 1 N–H and O–H groups in total. The van der Waals surface area contributed by atoms with Crippen molar-refractivity contribution in [3.8, 4) is 0 Å². The van der Waals surface area contributed by atoms with Crippen molar-refractivity contribution in [2.45, 2.75) is 77.8 Å². The van der Waals surface area contributed by atoms with Gasteiger partial charge in [-0.1, -0.05) is 32.1 Å². The van der Waals surface area contributed by atoms with E-state index in [-0.39, 0.29) is 0 Å². The number of aromatic nitrogens is 2. The molecule has 0 spiro atoms. The van der Waals surface area contributed by atoms with Gasteiger partial charge in [0.1, 0.15) is 0 Å². The summed E-state index contributed by atoms with van der Waals surface area (Å²) in [5.41, 5.74) is 2.41. The van der Waals surface area contributed by atoms with Gasteiger partial charge in [-0.2, -0.15) is 5.10 Å². The van der Waals surface area contributed by atoms with Crippen molar-refractivity contribution in [2.75, 3.05) is 6.54 Å². The van der Waals surface area contributed by atoms with Crippen molar-refractivity contribution in [2.24, 2.45) is 0 Å². The van der Waals surface area contributed by atoms with Gasteiger partial charge in [0.2, 0.25) is 0 Å². The van der Waals surface area contributed by atoms with Crippen molar-refractivity contribution < 1.29 is 0 Å². The minimum Gasteiger partial charge on any atom is -0.314 e. The minimum atomic E-state index is 0.765. The third-order valence-electron chi connectivity index (χ3n) is 4.19. The van der Waals surface area contributed by atoms with Crippen LogP contribution >= 0.6 is 0 Å². The first kappa shape index (κ1) is 14.6. The predicted molar refractivity (Wildman–Crippen MR) is 80.4 cm³/mol. The van der Waals surface area contributed by atoms with E-state index < -0.39 is 0 Å². The zero-order valence-corrected chi connectivity index (χ0v) is 12.6. The molecule has 0 atom stereocenters. The van der Waals surface area contributed by atoms with E-state index in [9.17, 15) is 0 Å². The minimum absolute atomic E-state index is 0.765. The molecule has 0 unspecified atom stereocenters. The van der Waals surface area contributed by atoms with E-state index >= 15 is 0 Å². The van der Waals surface area contributed by atoms with Crippen LogP contribution in [0.3, 0.4) is 0 Å². The lowest BCUT2D eigenvalue weighted by Gasteiger charge is -2.21. The highest BCUT2D eigenvalue weighted by Gasteiger charge is 2.10. The van der Waals surface area contributed by atoms with E-state index in [0.717, 1.165) is 24.8 Å². The van der Waals surface area contributed by atoms with E-state index in [0.29, 0.717) is 0 Å². The molecule has 1 aromatic rings. The maximum atomic E-state index is 4.51. The molecule has 3 heteroatoms. The highest BCUT2D eigenvalue weighted by Crippen LogP contribution is 2.17. The Morgan fingerprint density at radius 3 is 2.47 bits per heavy atom. The van der Waals surface area contributed by atoms with Gasteiger partial charge in [-0.25, -0.2) is 0 Å². The summed E-state index contributed by atoms with van der Waals surface area (Å²) >= 11 is 0. The van der Waals surface area contributed by atoms with Crippen molar-refractivity contribution in [3.63, 3.8) is 0 Å². The summed E-state index contributed by atoms with van der Waals surface area (Å²) < 4.78 is 2.13. The molecule has 0 bridgehead atoms. The molecule has 1 heterocycles. The second-order valence-electron chi connectivity index (χ2n) is 6.00. The van der Waals surface area contributed by atoms with Crippen LogP contribution in [0, 0.1) is 13.8 Å². The molecule has 1 aliphatic carbocycles. The summed E-state index contributed by atoms with van der Waals surface area (Å²) in [4.78, 5) is 0. The maximum absolute atomic E-state index is 4.51. The van der Waals surface area contributed by atoms with Crippen LogP contribution in [0.1, 0.15) is 62.8 Å². The van der Waals surface area contributed by atoms with Crippen LogP contribution in [-0.4, -0.2) is 22.4 Å². The summed E-state index contributed by atoms with van der Waals surface area (Å²) in [7, 11) is 0. The third kappa shape index (κ3) is 4.98. The summed E-state index contributed by atoms with van der Waals surface area (Å²) in [6.07, 6.45) is 11.1. The largest absolute Gasteiger partial charge is 0.314 e. The molecule has 0 amide bonds. The quantitative estimate of drug-likeness (QED) is 0.823. The number of nitrogens with one attached hydrogen (secondary N) is 1. The molecular formula is C16H29N3. The van der Waals surface area contributed by atoms with E-state index in [1.165, 1.54) is 57.1 Å². The van der Waals surface area contributed by atoms with E-state index in [1.54, 1.807) is 0 Å². The first-order valence-electron chi connectivity index (χ1n) is 8.00. The number of nitrogens with zero attached hydrogens (tertiary/aromatic N) is 2. The molecule has 0 radical (unpaired) electrons. The predicted octanol–water partition coefficient (Wildman–Crippen LogP) is 3.59. The summed E-state index contributed by atoms with van der Waals surface area (Å²) in [6, 6.07) is 2.92. The first-order chi connectivity index (χ1) is 9.25. The van der Waals surface area contributed by atoms with Gasteiger partial charge in [-0.15, -0.1) is 0 Å². The number of rotatable bonds is 5. The van der Waals surface area contributed by atoms with E-state index in [2.05, 4.69) is 35.0 Å². The van der Waals surface area contributed by atoms with E-state index in [4.69, 9.17) is 0 Å². The molecule has 0 saturated heterocycles. The van der Waals surface area contributed by atoms with Crippen LogP contribution < -0.4 is 5.32 Å². The maximum Gasteiger partial charge on any atom is 0.0596 e. The summed E-state index contributed by atoms with van der Waals surface area (Å²) in [5.74, 6) is 0. The summed E-state index contributed by atoms with van der Waals surface area (Å²) in [5, 5.41) is 8.26. The van der Waals surface area contributed by atoms with Crippen LogP contribution in [0.4, 0.5) is 0 Å². The van der Waals surface area contributed by atoms with Crippen LogP contribution in [0.15, 0.2) is 6.07 Å². The second kappa shape index (κ2) is 7.68. The lowest BCUT2D eigenvalue weighted by Crippen LogP contribution is -2.31. The molecule has 1 aromatic heterocycles. The number of aryl methyl sites for hydroxylation is 3. The lowest BCUT2D eigenvalue weighted by molar-refractivity contribution is 0.382. The highest BCUT2D eigenvalue weighted by atomic mass is 15.3. The standard InChI is InChI=1S/C16H29N3/c1-14-13-15(2)19(18-14)12-8-11-17-16-9-6-4-3-5-7-10-16/h13,16-17H,3-12H2,1-2H3. The van der Waals surface area contributed by atoms with Crippen molar-refractivity contribution in [1.29, 1.82) is 0 Å². The fourth-order valence-corrected chi connectivity index (χ4v) is 3.10. The number of hydrogen-bond donors (Lipinski definition) is 1. The van der Waals surface area contributed by atoms with Crippen LogP contribution in [-0.2, 0) is 6.54 Å². The molecule has 1 aliphatic rings. The Hall–Kier alpha value is -0.830. The first-order valence-corrected chi connectivity index (χ1v) is 8.00. The van der Waals surface area contributed by atoms with Gasteiger partial charge >= 0.3 is 0 Å². The van der Waals surface area contributed by atoms with Crippen LogP contribution in [0.5, 0.6) is 0 Å². The zero-order valence-electron chi connectivity index (χ0n) is 12.6. The molecule has 3 nitrogen and oxygen atoms in total. The molecule has 108 valence electrons. The Morgan fingerprint density at radius 1 is 1.16 bits per heavy atom. The third-order valence-corrected chi connectivity index (χ3v) is 4.19. The van der Waals surface area contributed by atoms with Gasteiger partial charge in [0.05, 0.1) is 5.69 Å². The molecule has 0 aromatic carbocycles. The average molecular weight is 263 g/mol. The lowest BCUT2D eigenvalue weighted by atomic mass is 9.97. The molecule has 0 aliphatic heterocycles. The molecule has 2 rings (SSSR count). The fourth-order valence-electron chi connectivity index (χ4n) is 3.10. The Bertz CT molecular complexity index is 362. The fraction of sp³-hybridized carbons (Fsp3) is 0.812. The topological polar surface area (TPSA) is 29.9 Å². The smallest absolute Gasteiger partial charge is 0.0596 e. The van der Waals surface area contributed by atoms with Gasteiger partial charge < -0.3 is 5.32 Å². The molecule has 1 saturated carbocycles. The number of hydrogen-bond acceptors (Lipinski definition) is 2. The zero-order chi connectivity index (χ0) is 13.5. The summed E-state index contributed by atoms with van der Waals surface area (Å²) in [6.45, 7) is 6.38. The van der Waals surface area contributed by atoms with Crippen molar-refractivity contribution in [1.82, 2.24) is 15.1 Å². The van der Waals surface area contributed by atoms with Gasteiger partial charge in [0.25, 0.3) is 0 Å². The Morgan fingerprint density at radius 2 is 1.84 bits per heavy atom. The monoisotopic (exact) mass is 263 g/mol. The van der Waals surface area contributed by atoms with Gasteiger partial charge in [0, 0.05) is 18.3 Å². The average Bonchev–Trinajstić information content (AvgIpc) is 2.65. The van der Waals surface area contributed by atoms with Crippen LogP contribution in [0.25, 0.3) is 0 Å². The Labute approximate surface area is 117 Å². The Kier molecular flexibility index (Phi) is 5.90. The molecule has 19 heavy (non-hydrogen) atoms.